The Balaban J connectivity index is 1.77. The van der Waals surface area contributed by atoms with Gasteiger partial charge in [-0.25, -0.2) is 0 Å². The second kappa shape index (κ2) is 5.53. The van der Waals surface area contributed by atoms with Crippen molar-refractivity contribution in [3.8, 4) is 0 Å². The molecule has 4 heteroatoms. The number of para-hydroxylation sites is 1. The zero-order valence-electron chi connectivity index (χ0n) is 10.8. The molecule has 0 saturated carbocycles. The van der Waals surface area contributed by atoms with Crippen molar-refractivity contribution < 1.29 is 9.15 Å². The van der Waals surface area contributed by atoms with Crippen molar-refractivity contribution in [3.05, 3.63) is 35.0 Å². The molecule has 2 atom stereocenters. The zero-order chi connectivity index (χ0) is 13.2. The first kappa shape index (κ1) is 13.0. The lowest BCUT2D eigenvalue weighted by Crippen LogP contribution is -2.24. The molecule has 0 radical (unpaired) electrons. The molecule has 1 aromatic carbocycles. The number of fused-ring (bicyclic) bond motifs is 1. The number of hydrogen-bond donors (Lipinski definition) is 1. The lowest BCUT2D eigenvalue weighted by molar-refractivity contribution is 0.00628. The Bertz CT molecular complexity index is 560. The van der Waals surface area contributed by atoms with E-state index in [2.05, 4.69) is 0 Å². The van der Waals surface area contributed by atoms with E-state index in [0.717, 1.165) is 42.6 Å². The molecule has 3 nitrogen and oxygen atoms in total. The summed E-state index contributed by atoms with van der Waals surface area (Å²) in [6.07, 6.45) is 4.54. The summed E-state index contributed by atoms with van der Waals surface area (Å²) < 4.78 is 11.5. The van der Waals surface area contributed by atoms with Crippen molar-refractivity contribution in [1.29, 1.82) is 0 Å². The van der Waals surface area contributed by atoms with E-state index >= 15 is 0 Å². The Kier molecular flexibility index (Phi) is 3.78. The molecule has 2 aromatic rings. The summed E-state index contributed by atoms with van der Waals surface area (Å²) in [6.45, 7) is 0.851. The van der Waals surface area contributed by atoms with E-state index in [-0.39, 0.29) is 12.1 Å². The van der Waals surface area contributed by atoms with Gasteiger partial charge in [-0.3, -0.25) is 0 Å². The minimum atomic E-state index is -0.133. The van der Waals surface area contributed by atoms with Crippen molar-refractivity contribution in [2.75, 3.05) is 6.61 Å². The van der Waals surface area contributed by atoms with Crippen molar-refractivity contribution in [2.24, 2.45) is 5.73 Å². The van der Waals surface area contributed by atoms with E-state index in [0.29, 0.717) is 5.02 Å². The second-order valence-electron chi connectivity index (χ2n) is 5.14. The van der Waals surface area contributed by atoms with Crippen molar-refractivity contribution in [1.82, 2.24) is 0 Å². The van der Waals surface area contributed by atoms with Crippen LogP contribution in [0.4, 0.5) is 0 Å². The normalized spacial score (nSPS) is 21.7. The molecular weight excluding hydrogens is 262 g/mol. The summed E-state index contributed by atoms with van der Waals surface area (Å²) in [6, 6.07) is 7.57. The highest BCUT2D eigenvalue weighted by atomic mass is 35.5. The molecule has 19 heavy (non-hydrogen) atoms. The fraction of sp³-hybridized carbons (Fsp3) is 0.467. The Morgan fingerprint density at radius 1 is 1.37 bits per heavy atom. The van der Waals surface area contributed by atoms with E-state index in [1.54, 1.807) is 0 Å². The van der Waals surface area contributed by atoms with Crippen LogP contribution in [-0.2, 0) is 4.74 Å². The quantitative estimate of drug-likeness (QED) is 0.922. The van der Waals surface area contributed by atoms with Crippen LogP contribution in [0.25, 0.3) is 11.0 Å². The molecule has 1 aliphatic heterocycles. The number of hydrogen-bond acceptors (Lipinski definition) is 3. The molecule has 2 unspecified atom stereocenters. The highest BCUT2D eigenvalue weighted by Gasteiger charge is 2.21. The molecule has 2 heterocycles. The molecule has 0 aliphatic carbocycles. The predicted octanol–water partition coefficient (Wildman–Crippen LogP) is 4.05. The van der Waals surface area contributed by atoms with Crippen molar-refractivity contribution in [3.63, 3.8) is 0 Å². The van der Waals surface area contributed by atoms with Crippen LogP contribution in [0, 0.1) is 0 Å². The maximum absolute atomic E-state index is 6.22. The number of nitrogens with two attached hydrogens (primary N) is 1. The summed E-state index contributed by atoms with van der Waals surface area (Å²) in [5, 5.41) is 1.63. The molecule has 0 amide bonds. The first-order valence-electron chi connectivity index (χ1n) is 6.79. The van der Waals surface area contributed by atoms with Gasteiger partial charge in [0.15, 0.2) is 5.58 Å². The fourth-order valence-electron chi connectivity index (χ4n) is 2.62. The van der Waals surface area contributed by atoms with E-state index in [9.17, 15) is 0 Å². The molecule has 2 N–H and O–H groups in total. The van der Waals surface area contributed by atoms with Crippen LogP contribution < -0.4 is 5.73 Å². The lowest BCUT2D eigenvalue weighted by atomic mass is 10.0. The average Bonchev–Trinajstić information content (AvgIpc) is 2.85. The van der Waals surface area contributed by atoms with Gasteiger partial charge < -0.3 is 14.9 Å². The number of rotatable bonds is 3. The standard InChI is InChI=1S/C15H18ClNO2/c16-12-6-3-4-10-8-14(19-15(10)12)13(17)9-11-5-1-2-7-18-11/h3-4,6,8,11,13H,1-2,5,7,9,17H2. The van der Waals surface area contributed by atoms with Crippen LogP contribution in [0.15, 0.2) is 28.7 Å². The van der Waals surface area contributed by atoms with Crippen LogP contribution in [0.1, 0.15) is 37.5 Å². The Hall–Kier alpha value is -1.03. The topological polar surface area (TPSA) is 48.4 Å². The van der Waals surface area contributed by atoms with Gasteiger partial charge in [0.25, 0.3) is 0 Å². The zero-order valence-corrected chi connectivity index (χ0v) is 11.5. The number of halogens is 1. The summed E-state index contributed by atoms with van der Waals surface area (Å²) in [4.78, 5) is 0. The monoisotopic (exact) mass is 279 g/mol. The van der Waals surface area contributed by atoms with Crippen LogP contribution in [0.2, 0.25) is 5.02 Å². The average molecular weight is 280 g/mol. The molecule has 0 spiro atoms. The Morgan fingerprint density at radius 3 is 3.00 bits per heavy atom. The molecule has 3 rings (SSSR count). The summed E-state index contributed by atoms with van der Waals surface area (Å²) in [5.74, 6) is 0.789. The van der Waals surface area contributed by atoms with Crippen LogP contribution in [-0.4, -0.2) is 12.7 Å². The van der Waals surface area contributed by atoms with Crippen molar-refractivity contribution >= 4 is 22.6 Å². The van der Waals surface area contributed by atoms with Crippen LogP contribution in [0.3, 0.4) is 0 Å². The summed E-state index contributed by atoms with van der Waals surface area (Å²) >= 11 is 6.11. The van der Waals surface area contributed by atoms with Crippen molar-refractivity contribution in [2.45, 2.75) is 37.8 Å². The molecule has 1 aromatic heterocycles. The number of benzene rings is 1. The van der Waals surface area contributed by atoms with Gasteiger partial charge in [-0.1, -0.05) is 23.7 Å². The molecule has 0 bridgehead atoms. The summed E-state index contributed by atoms with van der Waals surface area (Å²) in [5.41, 5.74) is 6.94. The highest BCUT2D eigenvalue weighted by molar-refractivity contribution is 6.34. The van der Waals surface area contributed by atoms with E-state index in [1.807, 2.05) is 24.3 Å². The SMILES string of the molecule is NC(CC1CCCCO1)c1cc2cccc(Cl)c2o1. The third-order valence-electron chi connectivity index (χ3n) is 3.67. The first-order valence-corrected chi connectivity index (χ1v) is 7.17. The van der Waals surface area contributed by atoms with Gasteiger partial charge in [0.05, 0.1) is 17.2 Å². The van der Waals surface area contributed by atoms with Crippen LogP contribution in [0.5, 0.6) is 0 Å². The molecule has 1 aliphatic rings. The van der Waals surface area contributed by atoms with E-state index in [4.69, 9.17) is 26.5 Å². The molecule has 102 valence electrons. The lowest BCUT2D eigenvalue weighted by Gasteiger charge is -2.24. The Morgan fingerprint density at radius 2 is 2.26 bits per heavy atom. The largest absolute Gasteiger partial charge is 0.458 e. The number of ether oxygens (including phenoxy) is 1. The summed E-state index contributed by atoms with van der Waals surface area (Å²) in [7, 11) is 0. The molecule has 1 fully saturated rings. The number of furan rings is 1. The fourth-order valence-corrected chi connectivity index (χ4v) is 2.84. The van der Waals surface area contributed by atoms with E-state index in [1.165, 1.54) is 6.42 Å². The maximum atomic E-state index is 6.22. The maximum Gasteiger partial charge on any atom is 0.152 e. The minimum absolute atomic E-state index is 0.133. The first-order chi connectivity index (χ1) is 9.24. The van der Waals surface area contributed by atoms with Gasteiger partial charge in [-0.15, -0.1) is 0 Å². The molecule has 1 saturated heterocycles. The van der Waals surface area contributed by atoms with E-state index < -0.39 is 0 Å². The molecular formula is C15H18ClNO2. The third-order valence-corrected chi connectivity index (χ3v) is 3.97. The van der Waals surface area contributed by atoms with Gasteiger partial charge in [-0.05, 0) is 37.8 Å². The highest BCUT2D eigenvalue weighted by Crippen LogP contribution is 2.31. The second-order valence-corrected chi connectivity index (χ2v) is 5.54. The van der Waals surface area contributed by atoms with Gasteiger partial charge in [0.1, 0.15) is 5.76 Å². The van der Waals surface area contributed by atoms with Gasteiger partial charge in [-0.2, -0.15) is 0 Å². The minimum Gasteiger partial charge on any atom is -0.458 e. The predicted molar refractivity (Wildman–Crippen MR) is 76.4 cm³/mol. The third kappa shape index (κ3) is 2.78. The van der Waals surface area contributed by atoms with Gasteiger partial charge >= 0.3 is 0 Å². The van der Waals surface area contributed by atoms with Gasteiger partial charge in [0.2, 0.25) is 0 Å². The van der Waals surface area contributed by atoms with Crippen LogP contribution >= 0.6 is 11.6 Å². The smallest absolute Gasteiger partial charge is 0.152 e. The Labute approximate surface area is 117 Å². The van der Waals surface area contributed by atoms with Gasteiger partial charge in [0, 0.05) is 12.0 Å².